The summed E-state index contributed by atoms with van der Waals surface area (Å²) in [6.07, 6.45) is 3.98. The SMILES string of the molecule is CC(C)=C[C@H]1[C@@H](C(=O)NCc2nccs2)C1(C)C. The van der Waals surface area contributed by atoms with E-state index in [1.54, 1.807) is 17.5 Å². The Bertz CT molecular complexity index is 458. The average Bonchev–Trinajstić information content (AvgIpc) is 2.70. The zero-order valence-corrected chi connectivity index (χ0v) is 12.2. The van der Waals surface area contributed by atoms with Gasteiger partial charge in [0.05, 0.1) is 12.5 Å². The summed E-state index contributed by atoms with van der Waals surface area (Å²) >= 11 is 1.57. The first-order valence-corrected chi connectivity index (χ1v) is 7.12. The van der Waals surface area contributed by atoms with Crippen molar-refractivity contribution >= 4 is 17.2 Å². The third kappa shape index (κ3) is 2.64. The highest BCUT2D eigenvalue weighted by atomic mass is 32.1. The Kier molecular flexibility index (Phi) is 3.57. The predicted octanol–water partition coefficient (Wildman–Crippen LogP) is 3.00. The van der Waals surface area contributed by atoms with E-state index >= 15 is 0 Å². The van der Waals surface area contributed by atoms with Crippen molar-refractivity contribution in [2.75, 3.05) is 0 Å². The lowest BCUT2D eigenvalue weighted by Crippen LogP contribution is -2.26. The summed E-state index contributed by atoms with van der Waals surface area (Å²) in [4.78, 5) is 16.3. The molecule has 1 heterocycles. The van der Waals surface area contributed by atoms with E-state index in [1.807, 2.05) is 5.38 Å². The summed E-state index contributed by atoms with van der Waals surface area (Å²) in [6, 6.07) is 0. The second-order valence-corrected chi connectivity index (χ2v) is 6.69. The van der Waals surface area contributed by atoms with Crippen molar-refractivity contribution in [2.45, 2.75) is 34.2 Å². The van der Waals surface area contributed by atoms with E-state index in [9.17, 15) is 4.79 Å². The maximum atomic E-state index is 12.1. The Morgan fingerprint density at radius 2 is 2.28 bits per heavy atom. The van der Waals surface area contributed by atoms with Gasteiger partial charge in [-0.2, -0.15) is 0 Å². The minimum absolute atomic E-state index is 0.0875. The molecule has 1 amide bonds. The number of amides is 1. The highest BCUT2D eigenvalue weighted by molar-refractivity contribution is 7.09. The Labute approximate surface area is 112 Å². The van der Waals surface area contributed by atoms with E-state index in [0.29, 0.717) is 12.5 Å². The number of nitrogens with zero attached hydrogens (tertiary/aromatic N) is 1. The summed E-state index contributed by atoms with van der Waals surface area (Å²) in [5.41, 5.74) is 1.37. The normalized spacial score (nSPS) is 24.4. The fraction of sp³-hybridized carbons (Fsp3) is 0.571. The molecule has 1 aromatic heterocycles. The number of thiazole rings is 1. The number of hydrogen-bond donors (Lipinski definition) is 1. The number of hydrogen-bond acceptors (Lipinski definition) is 3. The van der Waals surface area contributed by atoms with Crippen LogP contribution >= 0.6 is 11.3 Å². The van der Waals surface area contributed by atoms with Crippen molar-refractivity contribution in [1.29, 1.82) is 0 Å². The summed E-state index contributed by atoms with van der Waals surface area (Å²) in [5.74, 6) is 0.629. The molecule has 0 unspecified atom stereocenters. The average molecular weight is 264 g/mol. The molecule has 1 saturated carbocycles. The predicted molar refractivity (Wildman–Crippen MR) is 74.2 cm³/mol. The first-order chi connectivity index (χ1) is 8.43. The zero-order chi connectivity index (χ0) is 13.3. The molecule has 1 fully saturated rings. The second-order valence-electron chi connectivity index (χ2n) is 5.71. The lowest BCUT2D eigenvalue weighted by Gasteiger charge is -2.03. The van der Waals surface area contributed by atoms with Crippen LogP contribution in [0.1, 0.15) is 32.7 Å². The van der Waals surface area contributed by atoms with Crippen LogP contribution in [0.3, 0.4) is 0 Å². The second kappa shape index (κ2) is 4.84. The van der Waals surface area contributed by atoms with E-state index in [2.05, 4.69) is 44.1 Å². The first-order valence-electron chi connectivity index (χ1n) is 6.24. The maximum absolute atomic E-state index is 12.1. The van der Waals surface area contributed by atoms with Crippen LogP contribution in [0, 0.1) is 17.3 Å². The molecule has 1 aromatic rings. The molecular formula is C14H20N2OS. The van der Waals surface area contributed by atoms with E-state index in [0.717, 1.165) is 5.01 Å². The van der Waals surface area contributed by atoms with Gasteiger partial charge in [-0.15, -0.1) is 11.3 Å². The van der Waals surface area contributed by atoms with Crippen molar-refractivity contribution < 1.29 is 4.79 Å². The highest BCUT2D eigenvalue weighted by Crippen LogP contribution is 2.59. The molecule has 0 aromatic carbocycles. The molecule has 3 nitrogen and oxygen atoms in total. The van der Waals surface area contributed by atoms with Gasteiger partial charge in [0.15, 0.2) is 0 Å². The minimum atomic E-state index is 0.0875. The summed E-state index contributed by atoms with van der Waals surface area (Å²) < 4.78 is 0. The summed E-state index contributed by atoms with van der Waals surface area (Å²) in [7, 11) is 0. The lowest BCUT2D eigenvalue weighted by molar-refractivity contribution is -0.123. The van der Waals surface area contributed by atoms with E-state index in [-0.39, 0.29) is 17.2 Å². The van der Waals surface area contributed by atoms with Gasteiger partial charge in [0.25, 0.3) is 0 Å². The number of carbonyl (C=O) groups excluding carboxylic acids is 1. The van der Waals surface area contributed by atoms with Crippen LogP contribution in [0.5, 0.6) is 0 Å². The molecule has 2 rings (SSSR count). The van der Waals surface area contributed by atoms with Gasteiger partial charge < -0.3 is 5.32 Å². The number of rotatable bonds is 4. The van der Waals surface area contributed by atoms with Crippen molar-refractivity contribution in [3.63, 3.8) is 0 Å². The molecule has 18 heavy (non-hydrogen) atoms. The molecular weight excluding hydrogens is 244 g/mol. The number of nitrogens with one attached hydrogen (secondary N) is 1. The largest absolute Gasteiger partial charge is 0.349 e. The monoisotopic (exact) mass is 264 g/mol. The molecule has 0 spiro atoms. The van der Waals surface area contributed by atoms with Gasteiger partial charge in [-0.3, -0.25) is 4.79 Å². The number of allylic oxidation sites excluding steroid dienone is 2. The fourth-order valence-corrected chi connectivity index (χ4v) is 3.02. The third-order valence-corrected chi connectivity index (χ3v) is 4.38. The van der Waals surface area contributed by atoms with E-state index in [4.69, 9.17) is 0 Å². The fourth-order valence-electron chi connectivity index (χ4n) is 2.46. The van der Waals surface area contributed by atoms with Crippen LogP contribution in [-0.4, -0.2) is 10.9 Å². The van der Waals surface area contributed by atoms with E-state index in [1.165, 1.54) is 5.57 Å². The molecule has 1 aliphatic rings. The van der Waals surface area contributed by atoms with Gasteiger partial charge >= 0.3 is 0 Å². The quantitative estimate of drug-likeness (QED) is 0.849. The molecule has 1 aliphatic carbocycles. The van der Waals surface area contributed by atoms with Crippen LogP contribution in [0.4, 0.5) is 0 Å². The molecule has 0 bridgehead atoms. The molecule has 0 radical (unpaired) electrons. The van der Waals surface area contributed by atoms with Crippen molar-refractivity contribution in [3.8, 4) is 0 Å². The number of aromatic nitrogens is 1. The van der Waals surface area contributed by atoms with Gasteiger partial charge in [-0.05, 0) is 25.2 Å². The third-order valence-electron chi connectivity index (χ3n) is 3.60. The van der Waals surface area contributed by atoms with Crippen molar-refractivity contribution in [2.24, 2.45) is 17.3 Å². The van der Waals surface area contributed by atoms with Gasteiger partial charge in [-0.25, -0.2) is 4.98 Å². The van der Waals surface area contributed by atoms with Crippen molar-refractivity contribution in [3.05, 3.63) is 28.2 Å². The van der Waals surface area contributed by atoms with Crippen molar-refractivity contribution in [1.82, 2.24) is 10.3 Å². The summed E-state index contributed by atoms with van der Waals surface area (Å²) in [5, 5.41) is 5.87. The molecule has 4 heteroatoms. The van der Waals surface area contributed by atoms with Crippen LogP contribution < -0.4 is 5.32 Å². The highest BCUT2D eigenvalue weighted by Gasteiger charge is 2.60. The lowest BCUT2D eigenvalue weighted by atomic mass is 10.1. The summed E-state index contributed by atoms with van der Waals surface area (Å²) in [6.45, 7) is 9.03. The maximum Gasteiger partial charge on any atom is 0.224 e. The van der Waals surface area contributed by atoms with Gasteiger partial charge in [-0.1, -0.05) is 25.5 Å². The zero-order valence-electron chi connectivity index (χ0n) is 11.4. The van der Waals surface area contributed by atoms with E-state index < -0.39 is 0 Å². The van der Waals surface area contributed by atoms with Gasteiger partial charge in [0.1, 0.15) is 5.01 Å². The Morgan fingerprint density at radius 3 is 2.83 bits per heavy atom. The topological polar surface area (TPSA) is 42.0 Å². The van der Waals surface area contributed by atoms with Crippen LogP contribution in [-0.2, 0) is 11.3 Å². The molecule has 0 saturated heterocycles. The Balaban J connectivity index is 1.92. The molecule has 2 atom stereocenters. The molecule has 98 valence electrons. The van der Waals surface area contributed by atoms with Crippen LogP contribution in [0.15, 0.2) is 23.2 Å². The first kappa shape index (κ1) is 13.3. The smallest absolute Gasteiger partial charge is 0.224 e. The standard InChI is InChI=1S/C14H20N2OS/c1-9(2)7-10-12(14(10,3)4)13(17)16-8-11-15-5-6-18-11/h5-7,10,12H,8H2,1-4H3,(H,16,17)/t10-,12-/m0/s1. The van der Waals surface area contributed by atoms with Crippen LogP contribution in [0.2, 0.25) is 0 Å². The Hall–Kier alpha value is -1.16. The van der Waals surface area contributed by atoms with Gasteiger partial charge in [0, 0.05) is 11.6 Å². The molecule has 0 aliphatic heterocycles. The molecule has 1 N–H and O–H groups in total. The van der Waals surface area contributed by atoms with Crippen LogP contribution in [0.25, 0.3) is 0 Å². The van der Waals surface area contributed by atoms with Gasteiger partial charge in [0.2, 0.25) is 5.91 Å². The Morgan fingerprint density at radius 1 is 1.56 bits per heavy atom. The minimum Gasteiger partial charge on any atom is -0.349 e. The number of carbonyl (C=O) groups is 1.